The normalized spacial score (nSPS) is 18.6. The number of likely N-dealkylation sites (tertiary alicyclic amines) is 1. The molecule has 6 heteroatoms. The molecular formula is C18H25N3O2S. The van der Waals surface area contributed by atoms with Gasteiger partial charge in [-0.3, -0.25) is 0 Å². The lowest BCUT2D eigenvalue weighted by molar-refractivity contribution is 0.0114. The molecule has 1 amide bonds. The van der Waals surface area contributed by atoms with Crippen molar-refractivity contribution in [2.45, 2.75) is 51.7 Å². The van der Waals surface area contributed by atoms with Crippen LogP contribution in [0.5, 0.6) is 0 Å². The molecule has 0 aliphatic carbocycles. The molecule has 0 saturated carbocycles. The van der Waals surface area contributed by atoms with Crippen LogP contribution in [0.4, 0.5) is 10.6 Å². The molecule has 0 spiro atoms. The maximum Gasteiger partial charge on any atom is 0.410 e. The van der Waals surface area contributed by atoms with E-state index in [4.69, 9.17) is 4.74 Å². The minimum Gasteiger partial charge on any atom is -0.444 e. The molecule has 1 aliphatic rings. The first-order chi connectivity index (χ1) is 11.4. The number of amides is 1. The fourth-order valence-electron chi connectivity index (χ4n) is 3.00. The van der Waals surface area contributed by atoms with Crippen molar-refractivity contribution in [1.29, 1.82) is 0 Å². The van der Waals surface area contributed by atoms with Gasteiger partial charge in [-0.15, -0.1) is 0 Å². The van der Waals surface area contributed by atoms with Gasteiger partial charge in [-0.1, -0.05) is 12.1 Å². The van der Waals surface area contributed by atoms with E-state index in [1.807, 2.05) is 37.8 Å². The molecule has 1 N–H and O–H groups in total. The van der Waals surface area contributed by atoms with E-state index in [2.05, 4.69) is 21.8 Å². The lowest BCUT2D eigenvalue weighted by atomic mass is 10.0. The summed E-state index contributed by atoms with van der Waals surface area (Å²) in [6.45, 7) is 7.18. The number of carbonyl (C=O) groups is 1. The van der Waals surface area contributed by atoms with E-state index in [1.54, 1.807) is 0 Å². The summed E-state index contributed by atoms with van der Waals surface area (Å²) < 4.78 is 11.2. The predicted octanol–water partition coefficient (Wildman–Crippen LogP) is 4.50. The lowest BCUT2D eigenvalue weighted by Crippen LogP contribution is -2.48. The quantitative estimate of drug-likeness (QED) is 0.888. The number of rotatable bonds is 3. The van der Waals surface area contributed by atoms with Gasteiger partial charge in [-0.25, -0.2) is 4.79 Å². The molecule has 5 nitrogen and oxygen atoms in total. The highest BCUT2D eigenvalue weighted by molar-refractivity contribution is 7.13. The molecule has 1 atom stereocenters. The van der Waals surface area contributed by atoms with Crippen molar-refractivity contribution in [3.8, 4) is 0 Å². The zero-order valence-electron chi connectivity index (χ0n) is 14.5. The number of piperidine rings is 1. The highest BCUT2D eigenvalue weighted by atomic mass is 32.1. The Morgan fingerprint density at radius 1 is 1.38 bits per heavy atom. The summed E-state index contributed by atoms with van der Waals surface area (Å²) in [5.41, 5.74) is -0.461. The Balaban J connectivity index is 1.67. The fourth-order valence-corrected chi connectivity index (χ4v) is 3.76. The number of hydrogen-bond donors (Lipinski definition) is 1. The summed E-state index contributed by atoms with van der Waals surface area (Å²) in [6, 6.07) is 8.35. The van der Waals surface area contributed by atoms with Gasteiger partial charge < -0.3 is 15.0 Å². The number of hydrogen-bond acceptors (Lipinski definition) is 5. The Morgan fingerprint density at radius 3 is 2.96 bits per heavy atom. The summed E-state index contributed by atoms with van der Waals surface area (Å²) in [5.74, 6) is 0.908. The summed E-state index contributed by atoms with van der Waals surface area (Å²) in [6.07, 6.45) is 2.96. The molecule has 1 aliphatic heterocycles. The number of ether oxygens (including phenoxy) is 1. The van der Waals surface area contributed by atoms with Gasteiger partial charge in [-0.05, 0) is 63.7 Å². The standard InChI is InChI=1S/C18H25N3O2S/c1-18(2,3)23-17(22)21-11-7-6-8-13(21)12-19-16-14-9-4-5-10-15(14)24-20-16/h4-5,9-10,13H,6-8,11-12H2,1-3H3,(H,19,20). The zero-order chi connectivity index (χ0) is 17.2. The van der Waals surface area contributed by atoms with Gasteiger partial charge in [0, 0.05) is 18.5 Å². The monoisotopic (exact) mass is 347 g/mol. The van der Waals surface area contributed by atoms with E-state index in [-0.39, 0.29) is 12.1 Å². The van der Waals surface area contributed by atoms with Crippen LogP contribution in [0.3, 0.4) is 0 Å². The zero-order valence-corrected chi connectivity index (χ0v) is 15.4. The van der Waals surface area contributed by atoms with E-state index in [9.17, 15) is 4.79 Å². The third kappa shape index (κ3) is 3.98. The molecule has 1 saturated heterocycles. The van der Waals surface area contributed by atoms with Gasteiger partial charge in [0.15, 0.2) is 0 Å². The molecule has 2 aromatic rings. The van der Waals surface area contributed by atoms with E-state index >= 15 is 0 Å². The van der Waals surface area contributed by atoms with Crippen molar-refractivity contribution in [3.05, 3.63) is 24.3 Å². The van der Waals surface area contributed by atoms with Crippen LogP contribution in [-0.2, 0) is 4.74 Å². The molecule has 0 radical (unpaired) electrons. The molecule has 2 heterocycles. The first-order valence-corrected chi connectivity index (χ1v) is 9.29. The Kier molecular flexibility index (Phi) is 4.94. The van der Waals surface area contributed by atoms with Crippen molar-refractivity contribution in [1.82, 2.24) is 9.27 Å². The summed E-state index contributed by atoms with van der Waals surface area (Å²) in [5, 5.41) is 4.58. The molecule has 1 aromatic carbocycles. The average Bonchev–Trinajstić information content (AvgIpc) is 2.95. The van der Waals surface area contributed by atoms with Crippen LogP contribution in [0.1, 0.15) is 40.0 Å². The number of benzene rings is 1. The second kappa shape index (κ2) is 6.97. The highest BCUT2D eigenvalue weighted by Crippen LogP contribution is 2.27. The maximum absolute atomic E-state index is 12.5. The largest absolute Gasteiger partial charge is 0.444 e. The van der Waals surface area contributed by atoms with E-state index in [1.165, 1.54) is 16.2 Å². The van der Waals surface area contributed by atoms with Crippen molar-refractivity contribution in [2.75, 3.05) is 18.4 Å². The lowest BCUT2D eigenvalue weighted by Gasteiger charge is -2.36. The van der Waals surface area contributed by atoms with Crippen molar-refractivity contribution < 1.29 is 9.53 Å². The van der Waals surface area contributed by atoms with E-state index in [0.29, 0.717) is 6.54 Å². The SMILES string of the molecule is CC(C)(C)OC(=O)N1CCCCC1CNc1nsc2ccccc12. The summed E-state index contributed by atoms with van der Waals surface area (Å²) in [4.78, 5) is 14.3. The van der Waals surface area contributed by atoms with Gasteiger partial charge in [0.05, 0.1) is 10.7 Å². The molecular weight excluding hydrogens is 322 g/mol. The average molecular weight is 347 g/mol. The highest BCUT2D eigenvalue weighted by Gasteiger charge is 2.30. The minimum absolute atomic E-state index is 0.147. The molecule has 24 heavy (non-hydrogen) atoms. The van der Waals surface area contributed by atoms with Crippen LogP contribution in [0, 0.1) is 0 Å². The maximum atomic E-state index is 12.5. The number of anilines is 1. The summed E-state index contributed by atoms with van der Waals surface area (Å²) >= 11 is 1.50. The Morgan fingerprint density at radius 2 is 2.17 bits per heavy atom. The Hall–Kier alpha value is -1.82. The smallest absolute Gasteiger partial charge is 0.410 e. The molecule has 130 valence electrons. The predicted molar refractivity (Wildman–Crippen MR) is 98.7 cm³/mol. The first-order valence-electron chi connectivity index (χ1n) is 8.52. The second-order valence-electron chi connectivity index (χ2n) is 7.23. The number of fused-ring (bicyclic) bond motifs is 1. The summed E-state index contributed by atoms with van der Waals surface area (Å²) in [7, 11) is 0. The number of aromatic nitrogens is 1. The van der Waals surface area contributed by atoms with Crippen LogP contribution < -0.4 is 5.32 Å². The topological polar surface area (TPSA) is 54.5 Å². The van der Waals surface area contributed by atoms with E-state index < -0.39 is 5.60 Å². The molecule has 1 fully saturated rings. The van der Waals surface area contributed by atoms with Gasteiger partial charge >= 0.3 is 6.09 Å². The Bertz CT molecular complexity index is 708. The van der Waals surface area contributed by atoms with Crippen LogP contribution in [-0.4, -0.2) is 40.1 Å². The molecule has 1 unspecified atom stereocenters. The van der Waals surface area contributed by atoms with Crippen LogP contribution in [0.15, 0.2) is 24.3 Å². The first kappa shape index (κ1) is 17.0. The molecule has 3 rings (SSSR count). The molecule has 0 bridgehead atoms. The number of carbonyl (C=O) groups excluding carboxylic acids is 1. The van der Waals surface area contributed by atoms with Crippen LogP contribution >= 0.6 is 11.5 Å². The third-order valence-corrected chi connectivity index (χ3v) is 4.96. The fraction of sp³-hybridized carbons (Fsp3) is 0.556. The minimum atomic E-state index is -0.461. The van der Waals surface area contributed by atoms with Gasteiger partial charge in [-0.2, -0.15) is 4.37 Å². The van der Waals surface area contributed by atoms with Gasteiger partial charge in [0.1, 0.15) is 11.4 Å². The Labute approximate surface area is 147 Å². The van der Waals surface area contributed by atoms with Crippen LogP contribution in [0.25, 0.3) is 10.1 Å². The van der Waals surface area contributed by atoms with Gasteiger partial charge in [0.25, 0.3) is 0 Å². The number of nitrogens with zero attached hydrogens (tertiary/aromatic N) is 2. The third-order valence-electron chi connectivity index (χ3n) is 4.14. The second-order valence-corrected chi connectivity index (χ2v) is 8.04. The van der Waals surface area contributed by atoms with E-state index in [0.717, 1.165) is 37.0 Å². The van der Waals surface area contributed by atoms with Crippen molar-refractivity contribution in [3.63, 3.8) is 0 Å². The van der Waals surface area contributed by atoms with Crippen molar-refractivity contribution in [2.24, 2.45) is 0 Å². The van der Waals surface area contributed by atoms with Crippen LogP contribution in [0.2, 0.25) is 0 Å². The van der Waals surface area contributed by atoms with Crippen molar-refractivity contribution >= 4 is 33.5 Å². The number of nitrogens with one attached hydrogen (secondary N) is 1. The van der Waals surface area contributed by atoms with Gasteiger partial charge in [0.2, 0.25) is 0 Å². The molecule has 1 aromatic heterocycles.